The minimum atomic E-state index is -0.729. The smallest absolute Gasteiger partial charge is 0.226 e. The number of fused-ring (bicyclic) bond motifs is 3. The lowest BCUT2D eigenvalue weighted by Crippen LogP contribution is -2.23. The summed E-state index contributed by atoms with van der Waals surface area (Å²) in [4.78, 5) is 13.4. The van der Waals surface area contributed by atoms with Crippen LogP contribution in [0.1, 0.15) is 19.5 Å². The molecule has 2 aromatic carbocycles. The number of aryl methyl sites for hydroxylation is 1. The highest BCUT2D eigenvalue weighted by Crippen LogP contribution is 2.35. The van der Waals surface area contributed by atoms with Crippen molar-refractivity contribution in [3.63, 3.8) is 0 Å². The lowest BCUT2D eigenvalue weighted by molar-refractivity contribution is 0.355. The van der Waals surface area contributed by atoms with Gasteiger partial charge in [-0.25, -0.2) is 0 Å². The first kappa shape index (κ1) is 24.5. The molecule has 0 spiro atoms. The zero-order valence-electron chi connectivity index (χ0n) is 21.7. The lowest BCUT2D eigenvalue weighted by Gasteiger charge is -2.15. The average Bonchev–Trinajstić information content (AvgIpc) is 3.24. The molecule has 0 atom stereocenters. The van der Waals surface area contributed by atoms with Crippen molar-refractivity contribution in [2.24, 2.45) is 12.0 Å². The monoisotopic (exact) mass is 503 g/mol. The van der Waals surface area contributed by atoms with Crippen molar-refractivity contribution in [3.05, 3.63) is 72.2 Å². The van der Waals surface area contributed by atoms with Crippen molar-refractivity contribution in [1.82, 2.24) is 19.1 Å². The predicted molar refractivity (Wildman–Crippen MR) is 144 cm³/mol. The van der Waals surface area contributed by atoms with E-state index in [0.29, 0.717) is 28.5 Å². The predicted octanol–water partition coefficient (Wildman–Crippen LogP) is 4.78. The molecule has 0 aliphatic heterocycles. The summed E-state index contributed by atoms with van der Waals surface area (Å²) in [7, 11) is 5.07. The highest BCUT2D eigenvalue weighted by Gasteiger charge is 2.22. The summed E-state index contributed by atoms with van der Waals surface area (Å²) in [5.41, 5.74) is 5.42. The quantitative estimate of drug-likeness (QED) is 0.319. The molecule has 188 valence electrons. The third kappa shape index (κ3) is 3.91. The molecular weight excluding hydrogens is 478 g/mol. The number of hydrogen-bond acceptors (Lipinski definition) is 7. The Hall–Kier alpha value is -5.15. The first-order valence-electron chi connectivity index (χ1n) is 11.9. The fraction of sp³-hybridized carbons (Fsp3) is 0.207. The fourth-order valence-corrected chi connectivity index (χ4v) is 4.56. The Labute approximate surface area is 219 Å². The van der Waals surface area contributed by atoms with Crippen LogP contribution in [0.5, 0.6) is 11.5 Å². The van der Waals surface area contributed by atoms with Crippen LogP contribution in [0.15, 0.2) is 65.9 Å². The highest BCUT2D eigenvalue weighted by atomic mass is 16.5. The van der Waals surface area contributed by atoms with E-state index in [9.17, 15) is 10.5 Å². The van der Waals surface area contributed by atoms with Crippen molar-refractivity contribution >= 4 is 21.9 Å². The maximum Gasteiger partial charge on any atom is 0.226 e. The Kier molecular flexibility index (Phi) is 6.06. The summed E-state index contributed by atoms with van der Waals surface area (Å²) in [5.74, 6) is 1.29. The maximum absolute atomic E-state index is 9.52. The van der Waals surface area contributed by atoms with Crippen LogP contribution in [0.3, 0.4) is 0 Å². The molecule has 3 aromatic heterocycles. The minimum absolute atomic E-state index is 0.433. The number of pyridine rings is 2. The van der Waals surface area contributed by atoms with Gasteiger partial charge in [-0.1, -0.05) is 12.1 Å². The van der Waals surface area contributed by atoms with Gasteiger partial charge in [-0.2, -0.15) is 10.5 Å². The van der Waals surface area contributed by atoms with Gasteiger partial charge in [0.15, 0.2) is 11.5 Å². The summed E-state index contributed by atoms with van der Waals surface area (Å²) in [6.45, 7) is 3.65. The summed E-state index contributed by atoms with van der Waals surface area (Å²) in [5, 5.41) is 19.9. The van der Waals surface area contributed by atoms with E-state index in [1.807, 2.05) is 78.7 Å². The number of ether oxygens (including phenoxy) is 2. The number of nitrogens with zero attached hydrogens (tertiary/aromatic N) is 7. The SMILES string of the molecule is COc1ccc(-c2ccc3ncc4c(c3c2)n(-c2ccc(C(C)(C)C#N)nc2)c(=NC#N)n4C)cc1OC. The van der Waals surface area contributed by atoms with E-state index in [4.69, 9.17) is 9.47 Å². The maximum atomic E-state index is 9.52. The number of methoxy groups -OCH3 is 2. The van der Waals surface area contributed by atoms with E-state index < -0.39 is 5.41 Å². The molecule has 0 saturated heterocycles. The molecule has 9 heteroatoms. The Morgan fingerprint density at radius 2 is 1.63 bits per heavy atom. The second kappa shape index (κ2) is 9.38. The van der Waals surface area contributed by atoms with Gasteiger partial charge in [0, 0.05) is 12.4 Å². The summed E-state index contributed by atoms with van der Waals surface area (Å²) in [6.07, 6.45) is 5.41. The molecule has 9 nitrogen and oxygen atoms in total. The van der Waals surface area contributed by atoms with Crippen LogP contribution in [0.4, 0.5) is 0 Å². The Morgan fingerprint density at radius 3 is 2.29 bits per heavy atom. The van der Waals surface area contributed by atoms with Crippen molar-refractivity contribution in [2.45, 2.75) is 19.3 Å². The van der Waals surface area contributed by atoms with E-state index in [0.717, 1.165) is 33.1 Å². The Morgan fingerprint density at radius 1 is 0.895 bits per heavy atom. The Balaban J connectivity index is 1.81. The first-order valence-corrected chi connectivity index (χ1v) is 11.9. The first-order chi connectivity index (χ1) is 18.3. The largest absolute Gasteiger partial charge is 0.493 e. The van der Waals surface area contributed by atoms with E-state index in [1.165, 1.54) is 0 Å². The van der Waals surface area contributed by atoms with Crippen LogP contribution in [0, 0.1) is 22.8 Å². The van der Waals surface area contributed by atoms with Crippen molar-refractivity contribution in [2.75, 3.05) is 14.2 Å². The second-order valence-electron chi connectivity index (χ2n) is 9.34. The molecule has 0 aliphatic rings. The van der Waals surface area contributed by atoms with Gasteiger partial charge in [-0.15, -0.1) is 4.99 Å². The molecule has 0 N–H and O–H groups in total. The van der Waals surface area contributed by atoms with Crippen LogP contribution < -0.4 is 15.1 Å². The van der Waals surface area contributed by atoms with Gasteiger partial charge in [0.2, 0.25) is 11.8 Å². The summed E-state index contributed by atoms with van der Waals surface area (Å²) < 4.78 is 14.6. The molecule has 3 heterocycles. The van der Waals surface area contributed by atoms with Gasteiger partial charge in [0.1, 0.15) is 0 Å². The van der Waals surface area contributed by atoms with Gasteiger partial charge in [-0.05, 0) is 61.4 Å². The van der Waals surface area contributed by atoms with Crippen LogP contribution >= 0.6 is 0 Å². The van der Waals surface area contributed by atoms with Crippen molar-refractivity contribution < 1.29 is 9.47 Å². The van der Waals surface area contributed by atoms with Crippen LogP contribution in [0.2, 0.25) is 0 Å². The lowest BCUT2D eigenvalue weighted by atomic mass is 9.91. The van der Waals surface area contributed by atoms with Gasteiger partial charge >= 0.3 is 0 Å². The third-order valence-corrected chi connectivity index (χ3v) is 6.70. The fourth-order valence-electron chi connectivity index (χ4n) is 4.56. The standard InChI is InChI=1S/C29H25N7O2/c1-29(2,16-30)26-11-8-20(14-33-26)36-27-21-12-18(19-7-10-24(37-4)25(13-19)38-5)6-9-22(21)32-15-23(27)35(3)28(36)34-17-31/h6-15H,1-5H3. The molecule has 0 fully saturated rings. The number of benzene rings is 2. The van der Waals surface area contributed by atoms with E-state index >= 15 is 0 Å². The summed E-state index contributed by atoms with van der Waals surface area (Å²) in [6, 6.07) is 17.8. The minimum Gasteiger partial charge on any atom is -0.493 e. The normalized spacial score (nSPS) is 11.9. The van der Waals surface area contributed by atoms with E-state index in [2.05, 4.69) is 27.1 Å². The van der Waals surface area contributed by atoms with Crippen molar-refractivity contribution in [3.8, 4) is 40.6 Å². The zero-order chi connectivity index (χ0) is 27.0. The van der Waals surface area contributed by atoms with E-state index in [-0.39, 0.29) is 0 Å². The number of nitriles is 2. The van der Waals surface area contributed by atoms with Gasteiger partial charge in [-0.3, -0.25) is 14.5 Å². The molecule has 0 aliphatic carbocycles. The number of imidazole rings is 1. The number of rotatable bonds is 5. The van der Waals surface area contributed by atoms with Crippen LogP contribution in [-0.2, 0) is 12.5 Å². The van der Waals surface area contributed by atoms with Gasteiger partial charge < -0.3 is 14.0 Å². The number of hydrogen-bond donors (Lipinski definition) is 0. The third-order valence-electron chi connectivity index (χ3n) is 6.70. The molecule has 38 heavy (non-hydrogen) atoms. The summed E-state index contributed by atoms with van der Waals surface area (Å²) >= 11 is 0. The molecule has 5 aromatic rings. The topological polar surface area (TPSA) is 114 Å². The molecule has 0 unspecified atom stereocenters. The molecule has 5 rings (SSSR count). The molecule has 0 radical (unpaired) electrons. The zero-order valence-corrected chi connectivity index (χ0v) is 21.7. The van der Waals surface area contributed by atoms with Crippen LogP contribution in [0.25, 0.3) is 38.8 Å². The van der Waals surface area contributed by atoms with Gasteiger partial charge in [0.05, 0.1) is 66.0 Å². The van der Waals surface area contributed by atoms with Crippen molar-refractivity contribution in [1.29, 1.82) is 10.5 Å². The van der Waals surface area contributed by atoms with Crippen LogP contribution in [-0.4, -0.2) is 33.3 Å². The second-order valence-corrected chi connectivity index (χ2v) is 9.34. The molecule has 0 bridgehead atoms. The molecular formula is C29H25N7O2. The molecule has 0 saturated carbocycles. The Bertz CT molecular complexity index is 1850. The number of aromatic nitrogens is 4. The van der Waals surface area contributed by atoms with E-state index in [1.54, 1.807) is 26.6 Å². The van der Waals surface area contributed by atoms with Gasteiger partial charge in [0.25, 0.3) is 0 Å². The highest BCUT2D eigenvalue weighted by molar-refractivity contribution is 6.04. The molecule has 0 amide bonds. The average molecular weight is 504 g/mol.